The summed E-state index contributed by atoms with van der Waals surface area (Å²) >= 11 is 0. The average Bonchev–Trinajstić information content (AvgIpc) is 3.30. The summed E-state index contributed by atoms with van der Waals surface area (Å²) in [6.07, 6.45) is 8.21. The van der Waals surface area contributed by atoms with E-state index in [-0.39, 0.29) is 0 Å². The molecule has 0 aromatic heterocycles. The number of hydrogen-bond donors (Lipinski definition) is 2. The van der Waals surface area contributed by atoms with Gasteiger partial charge >= 0.3 is 0 Å². The van der Waals surface area contributed by atoms with Crippen molar-refractivity contribution < 1.29 is 0 Å². The van der Waals surface area contributed by atoms with Gasteiger partial charge in [-0.15, -0.1) is 0 Å². The molecule has 4 heteroatoms. The summed E-state index contributed by atoms with van der Waals surface area (Å²) in [5.41, 5.74) is 2.73. The van der Waals surface area contributed by atoms with Crippen molar-refractivity contribution in [3.63, 3.8) is 0 Å². The van der Waals surface area contributed by atoms with E-state index >= 15 is 0 Å². The maximum absolute atomic E-state index is 4.31. The highest BCUT2D eigenvalue weighted by Gasteiger charge is 2.19. The summed E-state index contributed by atoms with van der Waals surface area (Å²) in [6, 6.07) is 9.00. The summed E-state index contributed by atoms with van der Waals surface area (Å²) in [5, 5.41) is 6.83. The first-order valence-electron chi connectivity index (χ1n) is 9.58. The first-order chi connectivity index (χ1) is 11.8. The van der Waals surface area contributed by atoms with Gasteiger partial charge in [-0.1, -0.05) is 37.1 Å². The van der Waals surface area contributed by atoms with Crippen LogP contribution in [-0.2, 0) is 13.1 Å². The van der Waals surface area contributed by atoms with Crippen LogP contribution in [0.15, 0.2) is 29.3 Å². The lowest BCUT2D eigenvalue weighted by molar-refractivity contribution is 0.331. The number of aliphatic imine (C=N–C) groups is 1. The van der Waals surface area contributed by atoms with Gasteiger partial charge < -0.3 is 10.6 Å². The summed E-state index contributed by atoms with van der Waals surface area (Å²) in [4.78, 5) is 6.85. The van der Waals surface area contributed by atoms with E-state index in [1.807, 2.05) is 7.05 Å². The van der Waals surface area contributed by atoms with Crippen LogP contribution in [0.2, 0.25) is 0 Å². The van der Waals surface area contributed by atoms with Gasteiger partial charge in [-0.2, -0.15) is 0 Å². The van der Waals surface area contributed by atoms with Crippen LogP contribution in [0, 0.1) is 5.92 Å². The zero-order valence-electron chi connectivity index (χ0n) is 15.1. The maximum Gasteiger partial charge on any atom is 0.191 e. The predicted octanol–water partition coefficient (Wildman–Crippen LogP) is 3.14. The van der Waals surface area contributed by atoms with Gasteiger partial charge in [0.25, 0.3) is 0 Å². The molecule has 1 aromatic carbocycles. The fraction of sp³-hybridized carbons (Fsp3) is 0.650. The lowest BCUT2D eigenvalue weighted by Crippen LogP contribution is -2.37. The standard InChI is InChI=1S/C20H32N4/c1-21-20(22-12-4-5-17-6-7-17)23-15-18-8-10-19(11-9-18)16-24-13-2-3-14-24/h8-11,17H,2-7,12-16H2,1H3,(H2,21,22,23). The Morgan fingerprint density at radius 1 is 1.08 bits per heavy atom. The second-order valence-electron chi connectivity index (χ2n) is 7.24. The van der Waals surface area contributed by atoms with Crippen molar-refractivity contribution in [1.29, 1.82) is 0 Å². The molecule has 0 unspecified atom stereocenters. The van der Waals surface area contributed by atoms with Gasteiger partial charge in [0.05, 0.1) is 0 Å². The van der Waals surface area contributed by atoms with Crippen LogP contribution in [0.5, 0.6) is 0 Å². The van der Waals surface area contributed by atoms with Gasteiger partial charge in [0.15, 0.2) is 5.96 Å². The molecule has 0 atom stereocenters. The normalized spacial score (nSPS) is 18.8. The molecule has 2 aliphatic rings. The molecule has 1 saturated carbocycles. The van der Waals surface area contributed by atoms with Crippen LogP contribution < -0.4 is 10.6 Å². The number of nitrogens with zero attached hydrogens (tertiary/aromatic N) is 2. The summed E-state index contributed by atoms with van der Waals surface area (Å²) < 4.78 is 0. The second-order valence-corrected chi connectivity index (χ2v) is 7.24. The average molecular weight is 329 g/mol. The van der Waals surface area contributed by atoms with E-state index in [1.165, 1.54) is 62.7 Å². The van der Waals surface area contributed by atoms with Crippen molar-refractivity contribution in [2.75, 3.05) is 26.7 Å². The minimum atomic E-state index is 0.826. The van der Waals surface area contributed by atoms with Crippen LogP contribution in [0.1, 0.15) is 49.7 Å². The third-order valence-corrected chi connectivity index (χ3v) is 5.09. The highest BCUT2D eigenvalue weighted by atomic mass is 15.2. The number of nitrogens with one attached hydrogen (secondary N) is 2. The molecular weight excluding hydrogens is 296 g/mol. The fourth-order valence-electron chi connectivity index (χ4n) is 3.37. The van der Waals surface area contributed by atoms with Crippen molar-refractivity contribution in [2.45, 2.75) is 51.6 Å². The zero-order valence-corrected chi connectivity index (χ0v) is 15.1. The van der Waals surface area contributed by atoms with E-state index in [4.69, 9.17) is 0 Å². The number of likely N-dealkylation sites (tertiary alicyclic amines) is 1. The smallest absolute Gasteiger partial charge is 0.191 e. The minimum Gasteiger partial charge on any atom is -0.356 e. The first kappa shape index (κ1) is 17.3. The van der Waals surface area contributed by atoms with Gasteiger partial charge in [-0.05, 0) is 55.8 Å². The largest absolute Gasteiger partial charge is 0.356 e. The van der Waals surface area contributed by atoms with E-state index in [0.717, 1.165) is 31.5 Å². The molecule has 2 fully saturated rings. The summed E-state index contributed by atoms with van der Waals surface area (Å²) in [7, 11) is 1.84. The Balaban J connectivity index is 1.36. The minimum absolute atomic E-state index is 0.826. The molecule has 0 spiro atoms. The van der Waals surface area contributed by atoms with E-state index in [0.29, 0.717) is 0 Å². The number of rotatable bonds is 8. The highest BCUT2D eigenvalue weighted by Crippen LogP contribution is 2.33. The number of benzene rings is 1. The predicted molar refractivity (Wildman–Crippen MR) is 101 cm³/mol. The lowest BCUT2D eigenvalue weighted by atomic mass is 10.1. The second kappa shape index (κ2) is 9.07. The van der Waals surface area contributed by atoms with Gasteiger partial charge in [-0.3, -0.25) is 9.89 Å². The lowest BCUT2D eigenvalue weighted by Gasteiger charge is -2.15. The molecule has 0 amide bonds. The molecule has 1 saturated heterocycles. The Kier molecular flexibility index (Phi) is 6.53. The molecule has 24 heavy (non-hydrogen) atoms. The van der Waals surface area contributed by atoms with E-state index in [2.05, 4.69) is 44.8 Å². The quantitative estimate of drug-likeness (QED) is 0.437. The molecule has 0 radical (unpaired) electrons. The SMILES string of the molecule is CN=C(NCCCC1CC1)NCc1ccc(CN2CCCC2)cc1. The number of guanidine groups is 1. The zero-order chi connectivity index (χ0) is 16.6. The van der Waals surface area contributed by atoms with Crippen molar-refractivity contribution in [3.05, 3.63) is 35.4 Å². The fourth-order valence-corrected chi connectivity index (χ4v) is 3.37. The van der Waals surface area contributed by atoms with Crippen LogP contribution >= 0.6 is 0 Å². The third kappa shape index (κ3) is 5.82. The molecule has 1 heterocycles. The molecule has 1 aromatic rings. The van der Waals surface area contributed by atoms with E-state index in [1.54, 1.807) is 0 Å². The third-order valence-electron chi connectivity index (χ3n) is 5.09. The van der Waals surface area contributed by atoms with Crippen molar-refractivity contribution in [2.24, 2.45) is 10.9 Å². The van der Waals surface area contributed by atoms with Crippen LogP contribution in [-0.4, -0.2) is 37.5 Å². The Hall–Kier alpha value is -1.55. The summed E-state index contributed by atoms with van der Waals surface area (Å²) in [6.45, 7) is 5.45. The molecular formula is C20H32N4. The van der Waals surface area contributed by atoms with Crippen LogP contribution in [0.25, 0.3) is 0 Å². The monoisotopic (exact) mass is 328 g/mol. The molecule has 1 aliphatic carbocycles. The molecule has 0 bridgehead atoms. The Labute approximate surface area is 146 Å². The Bertz CT molecular complexity index is 513. The van der Waals surface area contributed by atoms with Gasteiger partial charge in [0.1, 0.15) is 0 Å². The van der Waals surface area contributed by atoms with Crippen molar-refractivity contribution in [3.8, 4) is 0 Å². The summed E-state index contributed by atoms with van der Waals surface area (Å²) in [5.74, 6) is 1.92. The molecule has 132 valence electrons. The molecule has 2 N–H and O–H groups in total. The molecule has 1 aliphatic heterocycles. The molecule has 4 nitrogen and oxygen atoms in total. The van der Waals surface area contributed by atoms with Crippen LogP contribution in [0.4, 0.5) is 0 Å². The first-order valence-corrected chi connectivity index (χ1v) is 9.58. The topological polar surface area (TPSA) is 39.7 Å². The van der Waals surface area contributed by atoms with Crippen LogP contribution in [0.3, 0.4) is 0 Å². The van der Waals surface area contributed by atoms with Crippen molar-refractivity contribution >= 4 is 5.96 Å². The number of hydrogen-bond acceptors (Lipinski definition) is 2. The van der Waals surface area contributed by atoms with E-state index < -0.39 is 0 Å². The van der Waals surface area contributed by atoms with E-state index in [9.17, 15) is 0 Å². The Morgan fingerprint density at radius 3 is 2.46 bits per heavy atom. The molecule has 3 rings (SSSR count). The maximum atomic E-state index is 4.31. The highest BCUT2D eigenvalue weighted by molar-refractivity contribution is 5.79. The Morgan fingerprint density at radius 2 is 1.79 bits per heavy atom. The van der Waals surface area contributed by atoms with Gasteiger partial charge in [0.2, 0.25) is 0 Å². The van der Waals surface area contributed by atoms with Gasteiger partial charge in [-0.25, -0.2) is 0 Å². The van der Waals surface area contributed by atoms with Crippen molar-refractivity contribution in [1.82, 2.24) is 15.5 Å². The van der Waals surface area contributed by atoms with Gasteiger partial charge in [0, 0.05) is 26.7 Å².